The van der Waals surface area contributed by atoms with Gasteiger partial charge in [-0.25, -0.2) is 4.39 Å². The van der Waals surface area contributed by atoms with Gasteiger partial charge in [0.25, 0.3) is 11.5 Å². The second kappa shape index (κ2) is 9.18. The Labute approximate surface area is 212 Å². The number of fused-ring (bicyclic) bond motifs is 1. The van der Waals surface area contributed by atoms with Gasteiger partial charge >= 0.3 is 0 Å². The number of hydrogen-bond acceptors (Lipinski definition) is 6. The highest BCUT2D eigenvalue weighted by molar-refractivity contribution is 7.16. The zero-order chi connectivity index (χ0) is 26.5. The topological polar surface area (TPSA) is 112 Å². The molecule has 0 saturated carbocycles. The first kappa shape index (κ1) is 25.6. The molecule has 8 nitrogen and oxygen atoms in total. The van der Waals surface area contributed by atoms with Crippen LogP contribution in [0.4, 0.5) is 15.8 Å². The van der Waals surface area contributed by atoms with Crippen molar-refractivity contribution in [2.24, 2.45) is 7.05 Å². The number of amides is 1. The largest absolute Gasteiger partial charge is 0.385 e. The quantitative estimate of drug-likeness (QED) is 0.296. The van der Waals surface area contributed by atoms with E-state index in [1.54, 1.807) is 25.5 Å². The Morgan fingerprint density at radius 1 is 1.28 bits per heavy atom. The summed E-state index contributed by atoms with van der Waals surface area (Å²) in [6.45, 7) is 10.5. The molecular formula is C26H30FN5O3S. The number of aromatic nitrogens is 3. The van der Waals surface area contributed by atoms with Crippen LogP contribution in [0.5, 0.6) is 0 Å². The van der Waals surface area contributed by atoms with E-state index in [-0.39, 0.29) is 39.3 Å². The molecule has 0 aliphatic heterocycles. The van der Waals surface area contributed by atoms with Gasteiger partial charge in [-0.15, -0.1) is 11.3 Å². The molecule has 0 radical (unpaired) electrons. The summed E-state index contributed by atoms with van der Waals surface area (Å²) in [5.41, 5.74) is 1.66. The monoisotopic (exact) mass is 511 g/mol. The summed E-state index contributed by atoms with van der Waals surface area (Å²) in [5, 5.41) is 17.2. The van der Waals surface area contributed by atoms with Crippen LogP contribution >= 0.6 is 11.3 Å². The predicted molar refractivity (Wildman–Crippen MR) is 142 cm³/mol. The molecule has 4 N–H and O–H groups in total. The van der Waals surface area contributed by atoms with Gasteiger partial charge in [-0.3, -0.25) is 14.6 Å². The van der Waals surface area contributed by atoms with Crippen molar-refractivity contribution < 1.29 is 14.3 Å². The molecule has 190 valence electrons. The Morgan fingerprint density at radius 3 is 2.58 bits per heavy atom. The molecule has 4 aromatic heterocycles. The second-order valence-corrected chi connectivity index (χ2v) is 10.8. The third-order valence-electron chi connectivity index (χ3n) is 5.88. The Morgan fingerprint density at radius 2 is 1.97 bits per heavy atom. The zero-order valence-electron chi connectivity index (χ0n) is 21.3. The number of thiophene rings is 1. The number of rotatable bonds is 6. The molecule has 0 bridgehead atoms. The van der Waals surface area contributed by atoms with Crippen molar-refractivity contribution in [1.82, 2.24) is 19.9 Å². The lowest BCUT2D eigenvalue weighted by molar-refractivity contribution is 0.0789. The Hall–Kier alpha value is -3.50. The van der Waals surface area contributed by atoms with Crippen LogP contribution < -0.4 is 16.2 Å². The van der Waals surface area contributed by atoms with Gasteiger partial charge < -0.3 is 25.3 Å². The van der Waals surface area contributed by atoms with E-state index >= 15 is 4.39 Å². The van der Waals surface area contributed by atoms with Crippen LogP contribution in [0.15, 0.2) is 29.3 Å². The molecule has 10 heteroatoms. The molecule has 36 heavy (non-hydrogen) atoms. The van der Waals surface area contributed by atoms with Crippen LogP contribution in [0.1, 0.15) is 54.3 Å². The number of nitrogens with zero attached hydrogens (tertiary/aromatic N) is 2. The lowest BCUT2D eigenvalue weighted by Crippen LogP contribution is -2.30. The van der Waals surface area contributed by atoms with Gasteiger partial charge in [0.1, 0.15) is 11.2 Å². The van der Waals surface area contributed by atoms with E-state index in [0.29, 0.717) is 27.2 Å². The van der Waals surface area contributed by atoms with Gasteiger partial charge in [0, 0.05) is 36.4 Å². The van der Waals surface area contributed by atoms with E-state index < -0.39 is 11.4 Å². The predicted octanol–water partition coefficient (Wildman–Crippen LogP) is 4.86. The van der Waals surface area contributed by atoms with E-state index in [4.69, 9.17) is 0 Å². The van der Waals surface area contributed by atoms with Crippen molar-refractivity contribution in [3.8, 4) is 10.4 Å². The number of aromatic amines is 1. The van der Waals surface area contributed by atoms with E-state index in [1.807, 2.05) is 33.8 Å². The van der Waals surface area contributed by atoms with Gasteiger partial charge in [-0.05, 0) is 59.2 Å². The van der Waals surface area contributed by atoms with Gasteiger partial charge in [-0.2, -0.15) is 0 Å². The Kier molecular flexibility index (Phi) is 6.52. The summed E-state index contributed by atoms with van der Waals surface area (Å²) in [6, 6.07) is 3.34. The number of halogens is 1. The molecule has 1 amide bonds. The number of aryl methyl sites for hydroxylation is 3. The van der Waals surface area contributed by atoms with Crippen molar-refractivity contribution in [3.63, 3.8) is 0 Å². The first-order chi connectivity index (χ1) is 16.8. The smallest absolute Gasteiger partial charge is 0.274 e. The summed E-state index contributed by atoms with van der Waals surface area (Å²) in [6.07, 6.45) is 3.30. The molecule has 0 fully saturated rings. The third-order valence-corrected chi connectivity index (χ3v) is 7.39. The van der Waals surface area contributed by atoms with Crippen LogP contribution in [0.2, 0.25) is 0 Å². The molecule has 4 heterocycles. The van der Waals surface area contributed by atoms with Gasteiger partial charge in [0.15, 0.2) is 5.82 Å². The number of H-pyrrole nitrogens is 1. The molecule has 4 rings (SSSR count). The average Bonchev–Trinajstić information content (AvgIpc) is 3.35. The number of anilines is 2. The van der Waals surface area contributed by atoms with Crippen LogP contribution in [0, 0.1) is 19.7 Å². The van der Waals surface area contributed by atoms with Crippen molar-refractivity contribution >= 4 is 39.5 Å². The highest BCUT2D eigenvalue weighted by Gasteiger charge is 2.31. The van der Waals surface area contributed by atoms with Crippen molar-refractivity contribution in [3.05, 3.63) is 62.5 Å². The summed E-state index contributed by atoms with van der Waals surface area (Å²) < 4.78 is 17.3. The van der Waals surface area contributed by atoms with Crippen molar-refractivity contribution in [1.29, 1.82) is 0 Å². The number of pyridine rings is 2. The molecule has 0 spiro atoms. The highest BCUT2D eigenvalue weighted by atomic mass is 32.1. The number of nitrogens with one attached hydrogen (secondary N) is 3. The average molecular weight is 512 g/mol. The fourth-order valence-corrected chi connectivity index (χ4v) is 5.25. The SMILES string of the molecule is Cc1ccnc(C)c1Nc1c(-c2cn(C)c(=O)c3[nH]c(C(=O)NC(C)C)cc23)sc(C(C)(C)O)c1F. The first-order valence-corrected chi connectivity index (χ1v) is 12.4. The van der Waals surface area contributed by atoms with E-state index in [9.17, 15) is 14.7 Å². The number of aliphatic hydroxyl groups is 1. The molecule has 0 aliphatic carbocycles. The second-order valence-electron chi connectivity index (χ2n) is 9.78. The maximum Gasteiger partial charge on any atom is 0.274 e. The fourth-order valence-electron chi connectivity index (χ4n) is 4.09. The molecule has 0 atom stereocenters. The first-order valence-electron chi connectivity index (χ1n) is 11.6. The molecule has 0 aliphatic rings. The number of carbonyl (C=O) groups excluding carboxylic acids is 1. The fraction of sp³-hybridized carbons (Fsp3) is 0.346. The minimum Gasteiger partial charge on any atom is -0.385 e. The number of hydrogen-bond donors (Lipinski definition) is 4. The lowest BCUT2D eigenvalue weighted by atomic mass is 10.1. The maximum atomic E-state index is 15.9. The molecule has 4 aromatic rings. The van der Waals surface area contributed by atoms with Crippen LogP contribution in [-0.4, -0.2) is 31.6 Å². The standard InChI is InChI=1S/C26H30FN5O3S/c1-12(2)29-24(33)17-10-15-16(11-32(7)25(34)20(15)30-17)22-21(18(27)23(36-22)26(5,6)35)31-19-13(3)8-9-28-14(19)4/h8-12,30-31,35H,1-7H3,(H,29,33). The van der Waals surface area contributed by atoms with E-state index in [2.05, 4.69) is 20.6 Å². The van der Waals surface area contributed by atoms with Gasteiger partial charge in [0.2, 0.25) is 0 Å². The van der Waals surface area contributed by atoms with Crippen molar-refractivity contribution in [2.45, 2.75) is 53.2 Å². The summed E-state index contributed by atoms with van der Waals surface area (Å²) >= 11 is 1.10. The van der Waals surface area contributed by atoms with E-state index in [1.165, 1.54) is 18.4 Å². The molecular weight excluding hydrogens is 481 g/mol. The summed E-state index contributed by atoms with van der Waals surface area (Å²) in [5.74, 6) is -0.927. The molecule has 0 aromatic carbocycles. The maximum absolute atomic E-state index is 15.9. The van der Waals surface area contributed by atoms with Crippen LogP contribution in [-0.2, 0) is 12.6 Å². The van der Waals surface area contributed by atoms with Crippen LogP contribution in [0.25, 0.3) is 21.3 Å². The van der Waals surface area contributed by atoms with Gasteiger partial charge in [0.05, 0.1) is 32.4 Å². The summed E-state index contributed by atoms with van der Waals surface area (Å²) in [4.78, 5) is 33.5. The Bertz CT molecular complexity index is 1520. The lowest BCUT2D eigenvalue weighted by Gasteiger charge is -2.15. The molecule has 0 saturated heterocycles. The van der Waals surface area contributed by atoms with Crippen molar-refractivity contribution in [2.75, 3.05) is 5.32 Å². The van der Waals surface area contributed by atoms with Gasteiger partial charge in [-0.1, -0.05) is 0 Å². The van der Waals surface area contributed by atoms with Crippen LogP contribution in [0.3, 0.4) is 0 Å². The highest BCUT2D eigenvalue weighted by Crippen LogP contribution is 2.47. The van der Waals surface area contributed by atoms with E-state index in [0.717, 1.165) is 16.9 Å². The molecule has 0 unspecified atom stereocenters. The normalized spacial score (nSPS) is 11.9. The Balaban J connectivity index is 2.01. The zero-order valence-corrected chi connectivity index (χ0v) is 22.1. The summed E-state index contributed by atoms with van der Waals surface area (Å²) in [7, 11) is 1.60. The minimum atomic E-state index is -1.44. The number of carbonyl (C=O) groups is 1. The minimum absolute atomic E-state index is 0.0892. The third kappa shape index (κ3) is 4.54.